The zero-order valence-corrected chi connectivity index (χ0v) is 18.5. The van der Waals surface area contributed by atoms with Crippen molar-refractivity contribution in [3.8, 4) is 22.9 Å². The molecule has 9 heteroatoms. The maximum atomic E-state index is 14.1. The van der Waals surface area contributed by atoms with Gasteiger partial charge in [0.25, 0.3) is 5.91 Å². The first-order valence-corrected chi connectivity index (χ1v) is 10.1. The van der Waals surface area contributed by atoms with Gasteiger partial charge < -0.3 is 14.5 Å². The second kappa shape index (κ2) is 7.96. The molecule has 0 saturated heterocycles. The third-order valence-corrected chi connectivity index (χ3v) is 5.49. The van der Waals surface area contributed by atoms with Gasteiger partial charge in [-0.15, -0.1) is 0 Å². The number of hydrogen-bond donors (Lipinski definition) is 0. The number of aryl methyl sites for hydroxylation is 1. The average Bonchev–Trinajstić information content (AvgIpc) is 3.06. The molecule has 1 aliphatic rings. The van der Waals surface area contributed by atoms with Crippen LogP contribution in [0.15, 0.2) is 30.5 Å². The van der Waals surface area contributed by atoms with Crippen molar-refractivity contribution in [3.05, 3.63) is 58.8 Å². The van der Waals surface area contributed by atoms with Gasteiger partial charge in [-0.3, -0.25) is 9.48 Å². The van der Waals surface area contributed by atoms with E-state index in [2.05, 4.69) is 16.2 Å². The van der Waals surface area contributed by atoms with Gasteiger partial charge in [-0.2, -0.15) is 10.4 Å². The highest BCUT2D eigenvalue weighted by molar-refractivity contribution is 5.96. The molecule has 2 aromatic heterocycles. The first kappa shape index (κ1) is 21.3. The van der Waals surface area contributed by atoms with Crippen LogP contribution < -0.4 is 9.64 Å². The normalized spacial score (nSPS) is 15.6. The van der Waals surface area contributed by atoms with Gasteiger partial charge in [0.1, 0.15) is 23.7 Å². The molecule has 0 radical (unpaired) electrons. The molecule has 1 aromatic carbocycles. The van der Waals surface area contributed by atoms with Gasteiger partial charge in [-0.05, 0) is 31.2 Å². The first-order chi connectivity index (χ1) is 15.2. The molecule has 0 unspecified atom stereocenters. The summed E-state index contributed by atoms with van der Waals surface area (Å²) in [7, 11) is 7.01. The largest absolute Gasteiger partial charge is 0.482 e. The second-order valence-corrected chi connectivity index (χ2v) is 8.00. The van der Waals surface area contributed by atoms with E-state index < -0.39 is 11.9 Å². The van der Waals surface area contributed by atoms with Crippen molar-refractivity contribution in [2.75, 3.05) is 26.0 Å². The number of aromatic nitrogens is 3. The third kappa shape index (κ3) is 3.54. The maximum Gasteiger partial charge on any atom is 0.254 e. The molecule has 3 aromatic rings. The van der Waals surface area contributed by atoms with Crippen molar-refractivity contribution in [1.82, 2.24) is 19.7 Å². The highest BCUT2D eigenvalue weighted by Crippen LogP contribution is 2.37. The lowest BCUT2D eigenvalue weighted by atomic mass is 10.00. The topological polar surface area (TPSA) is 87.3 Å². The van der Waals surface area contributed by atoms with Crippen LogP contribution in [0.4, 0.5) is 10.2 Å². The Morgan fingerprint density at radius 3 is 2.72 bits per heavy atom. The van der Waals surface area contributed by atoms with Crippen LogP contribution in [0.25, 0.3) is 11.1 Å². The number of nitrogens with zero attached hydrogens (tertiary/aromatic N) is 6. The fourth-order valence-electron chi connectivity index (χ4n) is 3.94. The van der Waals surface area contributed by atoms with Gasteiger partial charge in [0.2, 0.25) is 0 Å². The summed E-state index contributed by atoms with van der Waals surface area (Å²) in [4.78, 5) is 21.1. The lowest BCUT2D eigenvalue weighted by molar-refractivity contribution is 0.0778. The Bertz CT molecular complexity index is 1260. The summed E-state index contributed by atoms with van der Waals surface area (Å²) in [5, 5.41) is 14.2. The lowest BCUT2D eigenvalue weighted by Crippen LogP contribution is -2.28. The number of carbonyl (C=O) groups excluding carboxylic acids is 1. The molecule has 4 rings (SSSR count). The predicted molar refractivity (Wildman–Crippen MR) is 117 cm³/mol. The van der Waals surface area contributed by atoms with Crippen LogP contribution in [-0.4, -0.2) is 46.7 Å². The van der Waals surface area contributed by atoms with E-state index in [1.54, 1.807) is 32.1 Å². The summed E-state index contributed by atoms with van der Waals surface area (Å²) in [6, 6.07) is 8.06. The molecule has 0 N–H and O–H groups in total. The number of benzene rings is 1. The van der Waals surface area contributed by atoms with Crippen molar-refractivity contribution >= 4 is 11.7 Å². The number of amides is 1. The van der Waals surface area contributed by atoms with Crippen LogP contribution in [0.1, 0.15) is 40.3 Å². The third-order valence-electron chi connectivity index (χ3n) is 5.49. The number of fused-ring (bicyclic) bond motifs is 5. The van der Waals surface area contributed by atoms with Crippen molar-refractivity contribution in [3.63, 3.8) is 0 Å². The lowest BCUT2D eigenvalue weighted by Gasteiger charge is -2.25. The molecule has 3 heterocycles. The van der Waals surface area contributed by atoms with Crippen molar-refractivity contribution in [1.29, 1.82) is 5.26 Å². The molecular weight excluding hydrogens is 411 g/mol. The Balaban J connectivity index is 2.00. The van der Waals surface area contributed by atoms with Gasteiger partial charge >= 0.3 is 0 Å². The van der Waals surface area contributed by atoms with Gasteiger partial charge in [0.15, 0.2) is 11.6 Å². The van der Waals surface area contributed by atoms with E-state index in [0.717, 1.165) is 0 Å². The van der Waals surface area contributed by atoms with Crippen LogP contribution in [0.3, 0.4) is 0 Å². The zero-order valence-electron chi connectivity index (χ0n) is 18.5. The van der Waals surface area contributed by atoms with Crippen LogP contribution in [0, 0.1) is 17.1 Å². The molecule has 0 aliphatic carbocycles. The minimum absolute atomic E-state index is 0.167. The van der Waals surface area contributed by atoms with E-state index in [4.69, 9.17) is 4.74 Å². The Morgan fingerprint density at radius 1 is 1.28 bits per heavy atom. The first-order valence-electron chi connectivity index (χ1n) is 10.1. The molecule has 0 saturated carbocycles. The summed E-state index contributed by atoms with van der Waals surface area (Å²) in [6.45, 7) is 1.93. The fourth-order valence-corrected chi connectivity index (χ4v) is 3.94. The number of ether oxygens (including phenoxy) is 1. The molecule has 1 amide bonds. The minimum Gasteiger partial charge on any atom is -0.482 e. The number of carbonyl (C=O) groups is 1. The molecule has 1 aliphatic heterocycles. The van der Waals surface area contributed by atoms with Crippen LogP contribution >= 0.6 is 0 Å². The second-order valence-electron chi connectivity index (χ2n) is 8.00. The Morgan fingerprint density at radius 2 is 2.03 bits per heavy atom. The van der Waals surface area contributed by atoms with E-state index in [1.165, 1.54) is 27.8 Å². The summed E-state index contributed by atoms with van der Waals surface area (Å²) in [5.41, 5.74) is 2.96. The van der Waals surface area contributed by atoms with E-state index in [0.29, 0.717) is 45.2 Å². The van der Waals surface area contributed by atoms with Gasteiger partial charge in [0.05, 0.1) is 12.2 Å². The summed E-state index contributed by atoms with van der Waals surface area (Å²) < 4.78 is 21.8. The number of hydrogen-bond acceptors (Lipinski definition) is 6. The Labute approximate surface area is 185 Å². The molecular formula is C23H23FN6O2. The minimum atomic E-state index is -0.628. The Kier molecular flexibility index (Phi) is 5.30. The summed E-state index contributed by atoms with van der Waals surface area (Å²) in [6.07, 6.45) is 1.03. The molecule has 164 valence electrons. The van der Waals surface area contributed by atoms with E-state index in [9.17, 15) is 14.4 Å². The Hall–Kier alpha value is -3.93. The van der Waals surface area contributed by atoms with E-state index in [1.807, 2.05) is 20.2 Å². The van der Waals surface area contributed by atoms with E-state index in [-0.39, 0.29) is 12.5 Å². The standard InChI is InChI=1S/C23H23FN6O2/c1-13-17-9-15(24)6-7-16(17)23(31)29(4)12-18-21(19(10-25)30(5)27-18)14-8-20(32-13)22(26-11-14)28(2)3/h6-9,11,13H,12H2,1-5H3/t13-/m1/s1. The maximum absolute atomic E-state index is 14.1. The van der Waals surface area contributed by atoms with Gasteiger partial charge in [-0.1, -0.05) is 0 Å². The van der Waals surface area contributed by atoms with Crippen molar-refractivity contribution < 1.29 is 13.9 Å². The molecule has 1 atom stereocenters. The van der Waals surface area contributed by atoms with Crippen molar-refractivity contribution in [2.45, 2.75) is 19.6 Å². The van der Waals surface area contributed by atoms with Crippen LogP contribution in [0.2, 0.25) is 0 Å². The fraction of sp³-hybridized carbons (Fsp3) is 0.304. The molecule has 2 bridgehead atoms. The highest BCUT2D eigenvalue weighted by atomic mass is 19.1. The molecule has 32 heavy (non-hydrogen) atoms. The SMILES string of the molecule is C[C@H]1Oc2cc(cnc2N(C)C)-c2c(nn(C)c2C#N)CN(C)C(=O)c2ccc(F)cc21. The van der Waals surface area contributed by atoms with Crippen molar-refractivity contribution in [2.24, 2.45) is 7.05 Å². The average molecular weight is 434 g/mol. The number of anilines is 1. The number of nitriles is 1. The smallest absolute Gasteiger partial charge is 0.254 e. The number of pyridine rings is 1. The van der Waals surface area contributed by atoms with E-state index >= 15 is 0 Å². The highest BCUT2D eigenvalue weighted by Gasteiger charge is 2.27. The monoisotopic (exact) mass is 434 g/mol. The van der Waals surface area contributed by atoms with Gasteiger partial charge in [-0.25, -0.2) is 9.37 Å². The number of halogens is 1. The molecule has 8 nitrogen and oxygen atoms in total. The van der Waals surface area contributed by atoms with Crippen LogP contribution in [0.5, 0.6) is 5.75 Å². The summed E-state index contributed by atoms with van der Waals surface area (Å²) >= 11 is 0. The predicted octanol–water partition coefficient (Wildman–Crippen LogP) is 3.28. The zero-order chi connectivity index (χ0) is 23.2. The number of rotatable bonds is 1. The molecule has 0 spiro atoms. The van der Waals surface area contributed by atoms with Crippen LogP contribution in [-0.2, 0) is 13.6 Å². The van der Waals surface area contributed by atoms with Gasteiger partial charge in [0, 0.05) is 56.6 Å². The quantitative estimate of drug-likeness (QED) is 0.584. The summed E-state index contributed by atoms with van der Waals surface area (Å²) in [5.74, 6) is 0.283. The molecule has 0 fully saturated rings.